The highest BCUT2D eigenvalue weighted by molar-refractivity contribution is 5.86. The van der Waals surface area contributed by atoms with Crippen LogP contribution in [0.15, 0.2) is 42.5 Å². The quantitative estimate of drug-likeness (QED) is 0.844. The Hall–Kier alpha value is -2.03. The molecule has 0 unspecified atom stereocenters. The first-order valence-electron chi connectivity index (χ1n) is 6.49. The van der Waals surface area contributed by atoms with Gasteiger partial charge in [0.2, 0.25) is 0 Å². The van der Waals surface area contributed by atoms with E-state index in [0.717, 1.165) is 5.56 Å². The molecule has 19 heavy (non-hydrogen) atoms. The number of ether oxygens (including phenoxy) is 1. The number of alkyl carbamates (subject to hydrolysis) is 1. The first-order valence-corrected chi connectivity index (χ1v) is 6.49. The lowest BCUT2D eigenvalue weighted by atomic mass is 9.79. The lowest BCUT2D eigenvalue weighted by molar-refractivity contribution is 0.0391. The molecule has 1 aliphatic heterocycles. The van der Waals surface area contributed by atoms with Gasteiger partial charge in [0.15, 0.2) is 0 Å². The first kappa shape index (κ1) is 12.0. The second-order valence-corrected chi connectivity index (χ2v) is 5.71. The third-order valence-corrected chi connectivity index (χ3v) is 3.75. The first-order chi connectivity index (χ1) is 9.08. The van der Waals surface area contributed by atoms with Crippen LogP contribution in [0, 0.1) is 5.41 Å². The summed E-state index contributed by atoms with van der Waals surface area (Å²) in [5, 5.41) is 5.33. The Morgan fingerprint density at radius 2 is 1.89 bits per heavy atom. The van der Waals surface area contributed by atoms with Gasteiger partial charge in [-0.3, -0.25) is 0 Å². The van der Waals surface area contributed by atoms with Crippen LogP contribution in [-0.2, 0) is 4.74 Å². The van der Waals surface area contributed by atoms with E-state index in [1.54, 1.807) is 0 Å². The molecule has 0 saturated carbocycles. The van der Waals surface area contributed by atoms with Crippen molar-refractivity contribution in [2.75, 3.05) is 6.61 Å². The van der Waals surface area contributed by atoms with E-state index in [9.17, 15) is 4.79 Å². The van der Waals surface area contributed by atoms with Crippen molar-refractivity contribution >= 4 is 16.9 Å². The Morgan fingerprint density at radius 3 is 2.74 bits per heavy atom. The van der Waals surface area contributed by atoms with E-state index in [1.165, 1.54) is 10.8 Å². The number of nitrogens with one attached hydrogen (secondary N) is 1. The number of amides is 1. The van der Waals surface area contributed by atoms with Crippen molar-refractivity contribution in [1.29, 1.82) is 0 Å². The number of rotatable bonds is 1. The zero-order chi connectivity index (χ0) is 13.5. The van der Waals surface area contributed by atoms with Gasteiger partial charge in [-0.25, -0.2) is 4.79 Å². The minimum absolute atomic E-state index is 0.0279. The van der Waals surface area contributed by atoms with Crippen molar-refractivity contribution in [3.63, 3.8) is 0 Å². The molecule has 0 spiro atoms. The van der Waals surface area contributed by atoms with Crippen molar-refractivity contribution in [2.24, 2.45) is 5.41 Å². The largest absolute Gasteiger partial charge is 0.449 e. The standard InChI is InChI=1S/C16H17NO2/c1-16(2)10-19-15(18)17-14(16)13-9-5-7-11-6-3-4-8-12(11)13/h3-9,14H,10H2,1-2H3,(H,17,18)/t14-/m1/s1. The predicted octanol–water partition coefficient (Wildman–Crippen LogP) is 3.65. The van der Waals surface area contributed by atoms with Crippen molar-refractivity contribution in [2.45, 2.75) is 19.9 Å². The average molecular weight is 255 g/mol. The molecule has 3 rings (SSSR count). The summed E-state index contributed by atoms with van der Waals surface area (Å²) in [6, 6.07) is 14.4. The van der Waals surface area contributed by atoms with Gasteiger partial charge in [0.25, 0.3) is 0 Å². The Kier molecular flexibility index (Phi) is 2.70. The molecule has 0 aliphatic carbocycles. The molecule has 0 radical (unpaired) electrons. The highest BCUT2D eigenvalue weighted by Crippen LogP contribution is 2.39. The second-order valence-electron chi connectivity index (χ2n) is 5.71. The number of fused-ring (bicyclic) bond motifs is 1. The van der Waals surface area contributed by atoms with E-state index in [2.05, 4.69) is 43.4 Å². The van der Waals surface area contributed by atoms with E-state index >= 15 is 0 Å². The molecule has 1 N–H and O–H groups in total. The van der Waals surface area contributed by atoms with Gasteiger partial charge in [-0.15, -0.1) is 0 Å². The van der Waals surface area contributed by atoms with Crippen molar-refractivity contribution in [3.8, 4) is 0 Å². The monoisotopic (exact) mass is 255 g/mol. The molecular formula is C16H17NO2. The Bertz CT molecular complexity index is 628. The SMILES string of the molecule is CC1(C)COC(=O)N[C@@H]1c1cccc2ccccc12. The number of hydrogen-bond donors (Lipinski definition) is 1. The summed E-state index contributed by atoms with van der Waals surface area (Å²) >= 11 is 0. The number of benzene rings is 2. The minimum atomic E-state index is -0.336. The number of carbonyl (C=O) groups is 1. The van der Waals surface area contributed by atoms with Gasteiger partial charge < -0.3 is 10.1 Å². The summed E-state index contributed by atoms with van der Waals surface area (Å²) in [5.41, 5.74) is 1.03. The number of carbonyl (C=O) groups excluding carboxylic acids is 1. The van der Waals surface area contributed by atoms with E-state index in [1.807, 2.05) is 18.2 Å². The molecule has 98 valence electrons. The Morgan fingerprint density at radius 1 is 1.16 bits per heavy atom. The molecule has 3 heteroatoms. The molecule has 1 fully saturated rings. The van der Waals surface area contributed by atoms with Gasteiger partial charge >= 0.3 is 6.09 Å². The number of cyclic esters (lactones) is 1. The van der Waals surface area contributed by atoms with Crippen molar-refractivity contribution in [1.82, 2.24) is 5.32 Å². The molecule has 1 amide bonds. The van der Waals surface area contributed by atoms with Gasteiger partial charge in [0.1, 0.15) is 6.61 Å². The van der Waals surface area contributed by atoms with Crippen LogP contribution in [0.25, 0.3) is 10.8 Å². The molecule has 0 bridgehead atoms. The van der Waals surface area contributed by atoms with Gasteiger partial charge in [-0.2, -0.15) is 0 Å². The van der Waals surface area contributed by atoms with Crippen molar-refractivity contribution in [3.05, 3.63) is 48.0 Å². The maximum atomic E-state index is 11.5. The minimum Gasteiger partial charge on any atom is -0.449 e. The van der Waals surface area contributed by atoms with Gasteiger partial charge in [0.05, 0.1) is 6.04 Å². The third-order valence-electron chi connectivity index (χ3n) is 3.75. The highest BCUT2D eigenvalue weighted by atomic mass is 16.6. The summed E-state index contributed by atoms with van der Waals surface area (Å²) in [4.78, 5) is 11.5. The smallest absolute Gasteiger partial charge is 0.407 e. The topological polar surface area (TPSA) is 38.3 Å². The van der Waals surface area contributed by atoms with Crippen LogP contribution in [0.1, 0.15) is 25.5 Å². The molecule has 3 nitrogen and oxygen atoms in total. The fourth-order valence-electron chi connectivity index (χ4n) is 2.69. The van der Waals surface area contributed by atoms with Crippen molar-refractivity contribution < 1.29 is 9.53 Å². The Labute approximate surface area is 112 Å². The van der Waals surface area contributed by atoms with E-state index in [4.69, 9.17) is 4.74 Å². The zero-order valence-electron chi connectivity index (χ0n) is 11.1. The molecule has 2 aromatic rings. The zero-order valence-corrected chi connectivity index (χ0v) is 11.1. The van der Waals surface area contributed by atoms with Crippen LogP contribution in [-0.4, -0.2) is 12.7 Å². The van der Waals surface area contributed by atoms with E-state index in [-0.39, 0.29) is 17.6 Å². The average Bonchev–Trinajstić information content (AvgIpc) is 2.41. The summed E-state index contributed by atoms with van der Waals surface area (Å²) in [7, 11) is 0. The number of hydrogen-bond acceptors (Lipinski definition) is 2. The fraction of sp³-hybridized carbons (Fsp3) is 0.312. The van der Waals surface area contributed by atoms with Gasteiger partial charge in [-0.05, 0) is 16.3 Å². The molecule has 2 aromatic carbocycles. The lowest BCUT2D eigenvalue weighted by Crippen LogP contribution is -2.47. The predicted molar refractivity (Wildman–Crippen MR) is 75.0 cm³/mol. The maximum Gasteiger partial charge on any atom is 0.407 e. The highest BCUT2D eigenvalue weighted by Gasteiger charge is 2.38. The van der Waals surface area contributed by atoms with Crippen LogP contribution in [0.4, 0.5) is 4.79 Å². The van der Waals surface area contributed by atoms with E-state index in [0.29, 0.717) is 6.61 Å². The molecule has 1 aliphatic rings. The fourth-order valence-corrected chi connectivity index (χ4v) is 2.69. The maximum absolute atomic E-state index is 11.5. The molecule has 1 saturated heterocycles. The van der Waals surface area contributed by atoms with E-state index < -0.39 is 0 Å². The second kappa shape index (κ2) is 4.26. The summed E-state index contributed by atoms with van der Waals surface area (Å²) in [6.07, 6.45) is -0.336. The van der Waals surface area contributed by atoms with Crippen LogP contribution in [0.2, 0.25) is 0 Å². The van der Waals surface area contributed by atoms with Crippen LogP contribution >= 0.6 is 0 Å². The van der Waals surface area contributed by atoms with Crippen LogP contribution in [0.3, 0.4) is 0 Å². The lowest BCUT2D eigenvalue weighted by Gasteiger charge is -2.39. The van der Waals surface area contributed by atoms with Crippen LogP contribution < -0.4 is 5.32 Å². The van der Waals surface area contributed by atoms with Gasteiger partial charge in [0, 0.05) is 5.41 Å². The normalized spacial score (nSPS) is 21.8. The molecule has 1 atom stereocenters. The molecule has 1 heterocycles. The molecular weight excluding hydrogens is 238 g/mol. The summed E-state index contributed by atoms with van der Waals surface area (Å²) in [5.74, 6) is 0. The summed E-state index contributed by atoms with van der Waals surface area (Å²) < 4.78 is 5.11. The third kappa shape index (κ3) is 2.05. The Balaban J connectivity index is 2.15. The molecule has 0 aromatic heterocycles. The van der Waals surface area contributed by atoms with Gasteiger partial charge in [-0.1, -0.05) is 56.3 Å². The summed E-state index contributed by atoms with van der Waals surface area (Å²) in [6.45, 7) is 4.66. The van der Waals surface area contributed by atoms with Crippen LogP contribution in [0.5, 0.6) is 0 Å².